The van der Waals surface area contributed by atoms with Gasteiger partial charge in [0.15, 0.2) is 4.67 Å². The summed E-state index contributed by atoms with van der Waals surface area (Å²) in [6, 6.07) is 1.34. The lowest BCUT2D eigenvalue weighted by Crippen LogP contribution is -2.23. The van der Waals surface area contributed by atoms with Gasteiger partial charge >= 0.3 is 6.18 Å². The van der Waals surface area contributed by atoms with E-state index >= 15 is 0 Å². The number of halogens is 4. The van der Waals surface area contributed by atoms with Gasteiger partial charge in [0.1, 0.15) is 0 Å². The van der Waals surface area contributed by atoms with Crippen molar-refractivity contribution in [2.75, 3.05) is 6.54 Å². The van der Waals surface area contributed by atoms with Crippen LogP contribution in [0.1, 0.15) is 31.4 Å². The maximum Gasteiger partial charge on any atom is 0.389 e. The molecule has 0 amide bonds. The van der Waals surface area contributed by atoms with Gasteiger partial charge in [0, 0.05) is 18.0 Å². The molecule has 6 heteroatoms. The first-order valence-corrected chi connectivity index (χ1v) is 5.76. The highest BCUT2D eigenvalue weighted by Gasteiger charge is 2.29. The fourth-order valence-electron chi connectivity index (χ4n) is 1.48. The van der Waals surface area contributed by atoms with Gasteiger partial charge in [-0.3, -0.25) is 0 Å². The molecule has 0 aliphatic heterocycles. The molecular formula is C10H13BrF3NO. The molecule has 0 saturated carbocycles. The monoisotopic (exact) mass is 299 g/mol. The fraction of sp³-hybridized carbons (Fsp3) is 0.600. The van der Waals surface area contributed by atoms with E-state index in [1.165, 1.54) is 6.26 Å². The first-order chi connectivity index (χ1) is 7.44. The Morgan fingerprint density at radius 3 is 2.62 bits per heavy atom. The van der Waals surface area contributed by atoms with Crippen LogP contribution in [0.15, 0.2) is 21.4 Å². The summed E-state index contributed by atoms with van der Waals surface area (Å²) in [7, 11) is 0. The standard InChI is InChI=1S/C10H13BrF3NO/c1-2-15-8(3-5-10(12,13)14)7-4-6-16-9(7)11/h4,6,8,15H,2-3,5H2,1H3. The molecule has 1 rings (SSSR count). The summed E-state index contributed by atoms with van der Waals surface area (Å²) in [5.41, 5.74) is 0.728. The second-order valence-corrected chi connectivity index (χ2v) is 4.13. The number of alkyl halides is 3. The molecule has 1 N–H and O–H groups in total. The highest BCUT2D eigenvalue weighted by molar-refractivity contribution is 9.10. The molecule has 16 heavy (non-hydrogen) atoms. The third-order valence-corrected chi connectivity index (χ3v) is 2.83. The van der Waals surface area contributed by atoms with Crippen molar-refractivity contribution in [1.29, 1.82) is 0 Å². The Labute approximate surface area is 100 Å². The highest BCUT2D eigenvalue weighted by atomic mass is 79.9. The van der Waals surface area contributed by atoms with Crippen LogP contribution in [-0.4, -0.2) is 12.7 Å². The first kappa shape index (κ1) is 13.6. The Balaban J connectivity index is 2.65. The quantitative estimate of drug-likeness (QED) is 0.888. The predicted molar refractivity (Wildman–Crippen MR) is 58.1 cm³/mol. The summed E-state index contributed by atoms with van der Waals surface area (Å²) in [5, 5.41) is 3.01. The van der Waals surface area contributed by atoms with Gasteiger partial charge < -0.3 is 9.73 Å². The van der Waals surface area contributed by atoms with Gasteiger partial charge in [0.2, 0.25) is 0 Å². The van der Waals surface area contributed by atoms with Crippen LogP contribution in [0.2, 0.25) is 0 Å². The second-order valence-electron chi connectivity index (χ2n) is 3.41. The van der Waals surface area contributed by atoms with Crippen molar-refractivity contribution in [1.82, 2.24) is 5.32 Å². The Kier molecular flexibility index (Phi) is 4.86. The summed E-state index contributed by atoms with van der Waals surface area (Å²) in [4.78, 5) is 0. The molecule has 1 atom stereocenters. The smallest absolute Gasteiger partial charge is 0.389 e. The Bertz CT molecular complexity index is 324. The molecule has 1 unspecified atom stereocenters. The summed E-state index contributed by atoms with van der Waals surface area (Å²) in [6.45, 7) is 2.47. The summed E-state index contributed by atoms with van der Waals surface area (Å²) in [6.07, 6.45) is -3.46. The van der Waals surface area contributed by atoms with Crippen LogP contribution in [0.5, 0.6) is 0 Å². The van der Waals surface area contributed by atoms with Crippen LogP contribution in [0.25, 0.3) is 0 Å². The minimum Gasteiger partial charge on any atom is -0.457 e. The van der Waals surface area contributed by atoms with Gasteiger partial charge in [-0.1, -0.05) is 6.92 Å². The third kappa shape index (κ3) is 4.17. The lowest BCUT2D eigenvalue weighted by molar-refractivity contribution is -0.136. The average molecular weight is 300 g/mol. The van der Waals surface area contributed by atoms with Crippen LogP contribution in [0.4, 0.5) is 13.2 Å². The molecular weight excluding hydrogens is 287 g/mol. The Hall–Kier alpha value is -0.490. The summed E-state index contributed by atoms with van der Waals surface area (Å²) < 4.78 is 41.9. The van der Waals surface area contributed by atoms with E-state index in [-0.39, 0.29) is 12.5 Å². The molecule has 0 spiro atoms. The number of hydrogen-bond donors (Lipinski definition) is 1. The zero-order valence-corrected chi connectivity index (χ0v) is 10.4. The van der Waals surface area contributed by atoms with E-state index in [0.717, 1.165) is 5.56 Å². The van der Waals surface area contributed by atoms with E-state index in [2.05, 4.69) is 21.2 Å². The SMILES string of the molecule is CCNC(CCC(F)(F)F)c1ccoc1Br. The van der Waals surface area contributed by atoms with E-state index in [9.17, 15) is 13.2 Å². The van der Waals surface area contributed by atoms with Gasteiger partial charge in [-0.25, -0.2) is 0 Å². The van der Waals surface area contributed by atoms with Gasteiger partial charge in [0.25, 0.3) is 0 Å². The van der Waals surface area contributed by atoms with Crippen LogP contribution in [0.3, 0.4) is 0 Å². The normalized spacial score (nSPS) is 14.1. The van der Waals surface area contributed by atoms with Gasteiger partial charge in [-0.05, 0) is 35.0 Å². The maximum atomic E-state index is 12.1. The molecule has 1 heterocycles. The number of hydrogen-bond acceptors (Lipinski definition) is 2. The zero-order chi connectivity index (χ0) is 12.2. The van der Waals surface area contributed by atoms with Crippen molar-refractivity contribution in [3.05, 3.63) is 22.6 Å². The molecule has 2 nitrogen and oxygen atoms in total. The van der Waals surface area contributed by atoms with Crippen molar-refractivity contribution < 1.29 is 17.6 Å². The lowest BCUT2D eigenvalue weighted by atomic mass is 10.1. The number of nitrogens with one attached hydrogen (secondary N) is 1. The van der Waals surface area contributed by atoms with E-state index in [4.69, 9.17) is 4.42 Å². The van der Waals surface area contributed by atoms with Gasteiger partial charge in [0.05, 0.1) is 6.26 Å². The second kappa shape index (κ2) is 5.72. The van der Waals surface area contributed by atoms with Crippen molar-refractivity contribution in [2.45, 2.75) is 32.0 Å². The number of furan rings is 1. The van der Waals surface area contributed by atoms with Crippen molar-refractivity contribution >= 4 is 15.9 Å². The van der Waals surface area contributed by atoms with E-state index < -0.39 is 12.6 Å². The molecule has 0 bridgehead atoms. The van der Waals surface area contributed by atoms with Crippen LogP contribution < -0.4 is 5.32 Å². The molecule has 0 fully saturated rings. The van der Waals surface area contributed by atoms with E-state index in [1.54, 1.807) is 6.07 Å². The predicted octanol–water partition coefficient (Wildman–Crippen LogP) is 4.04. The van der Waals surface area contributed by atoms with Crippen molar-refractivity contribution in [3.8, 4) is 0 Å². The molecule has 0 radical (unpaired) electrons. The molecule has 0 aromatic carbocycles. The molecule has 0 aliphatic carbocycles. The fourth-order valence-corrected chi connectivity index (χ4v) is 1.99. The summed E-state index contributed by atoms with van der Waals surface area (Å²) >= 11 is 3.17. The average Bonchev–Trinajstić information content (AvgIpc) is 2.57. The molecule has 0 saturated heterocycles. The van der Waals surface area contributed by atoms with Gasteiger partial charge in [-0.15, -0.1) is 0 Å². The minimum absolute atomic E-state index is 0.00940. The summed E-state index contributed by atoms with van der Waals surface area (Å²) in [5.74, 6) is 0. The van der Waals surface area contributed by atoms with Gasteiger partial charge in [-0.2, -0.15) is 13.2 Å². The zero-order valence-electron chi connectivity index (χ0n) is 8.77. The number of rotatable bonds is 5. The molecule has 1 aromatic heterocycles. The van der Waals surface area contributed by atoms with E-state index in [1.807, 2.05) is 6.92 Å². The lowest BCUT2D eigenvalue weighted by Gasteiger charge is -2.17. The van der Waals surface area contributed by atoms with Crippen LogP contribution >= 0.6 is 15.9 Å². The Morgan fingerprint density at radius 1 is 1.50 bits per heavy atom. The van der Waals surface area contributed by atoms with Crippen LogP contribution in [-0.2, 0) is 0 Å². The topological polar surface area (TPSA) is 25.2 Å². The Morgan fingerprint density at radius 2 is 2.19 bits per heavy atom. The maximum absolute atomic E-state index is 12.1. The minimum atomic E-state index is -4.12. The molecule has 0 aliphatic rings. The molecule has 92 valence electrons. The molecule has 1 aromatic rings. The van der Waals surface area contributed by atoms with Crippen molar-refractivity contribution in [3.63, 3.8) is 0 Å². The highest BCUT2D eigenvalue weighted by Crippen LogP contribution is 2.31. The first-order valence-electron chi connectivity index (χ1n) is 4.97. The van der Waals surface area contributed by atoms with E-state index in [0.29, 0.717) is 11.2 Å². The van der Waals surface area contributed by atoms with Crippen molar-refractivity contribution in [2.24, 2.45) is 0 Å². The largest absolute Gasteiger partial charge is 0.457 e. The third-order valence-electron chi connectivity index (χ3n) is 2.19. The van der Waals surface area contributed by atoms with Crippen LogP contribution in [0, 0.1) is 0 Å².